The molecule has 0 radical (unpaired) electrons. The quantitative estimate of drug-likeness (QED) is 0.130. The Morgan fingerprint density at radius 2 is 1.02 bits per heavy atom. The average molecular weight is 594 g/mol. The van der Waals surface area contributed by atoms with Crippen LogP contribution in [0.2, 0.25) is 0 Å². The molecule has 4 heteroatoms. The van der Waals surface area contributed by atoms with Crippen molar-refractivity contribution in [2.75, 3.05) is 0 Å². The predicted molar refractivity (Wildman–Crippen MR) is 183 cm³/mol. The summed E-state index contributed by atoms with van der Waals surface area (Å²) in [6.45, 7) is 0. The minimum Gasteiger partial charge on any atom is -0.289 e. The van der Waals surface area contributed by atoms with Gasteiger partial charge in [-0.25, -0.2) is 4.98 Å². The largest absolute Gasteiger partial charge is 0.289 e. The molecular formula is C42H27NO3. The van der Waals surface area contributed by atoms with Crippen LogP contribution < -0.4 is 0 Å². The lowest BCUT2D eigenvalue weighted by molar-refractivity contribution is 0.103. The van der Waals surface area contributed by atoms with Crippen molar-refractivity contribution >= 4 is 33.8 Å². The molecule has 0 bridgehead atoms. The Labute approximate surface area is 266 Å². The SMILES string of the molecule is O=C(/C=C(/C(=O)c1c2cccccc-2c2c(C(=O)c3ccccc3)cc(-c3ccccc3)nc12)c1ccccc1)c1ccccc1. The van der Waals surface area contributed by atoms with Gasteiger partial charge in [0, 0.05) is 33.2 Å². The molecule has 0 amide bonds. The standard InChI is InChI=1S/C42H27NO3/c44-37(30-20-10-3-11-21-30)27-34(28-16-6-1-7-17-28)42(46)39-33-25-15-5-14-24-32(33)38-35(41(45)31-22-12-4-13-23-31)26-36(43-40(38)39)29-18-8-2-9-19-29/h1-27H/b34-27+. The summed E-state index contributed by atoms with van der Waals surface area (Å²) in [5.74, 6) is -0.797. The molecule has 46 heavy (non-hydrogen) atoms. The van der Waals surface area contributed by atoms with Crippen molar-refractivity contribution in [3.63, 3.8) is 0 Å². The number of Topliss-reactive ketones (excluding diaryl/α,β-unsaturated/α-hetero) is 1. The fourth-order valence-electron chi connectivity index (χ4n) is 5.87. The number of fused-ring (bicyclic) bond motifs is 3. The van der Waals surface area contributed by atoms with Gasteiger partial charge in [-0.1, -0.05) is 152 Å². The Bertz CT molecular complexity index is 2220. The van der Waals surface area contributed by atoms with Gasteiger partial charge in [-0.2, -0.15) is 0 Å². The summed E-state index contributed by atoms with van der Waals surface area (Å²) >= 11 is 0. The third-order valence-corrected chi connectivity index (χ3v) is 8.07. The van der Waals surface area contributed by atoms with Crippen LogP contribution in [0.3, 0.4) is 0 Å². The molecule has 218 valence electrons. The molecule has 0 atom stereocenters. The van der Waals surface area contributed by atoms with Gasteiger partial charge in [0.25, 0.3) is 0 Å². The highest BCUT2D eigenvalue weighted by Crippen LogP contribution is 2.43. The molecule has 5 aromatic rings. The van der Waals surface area contributed by atoms with E-state index in [2.05, 4.69) is 0 Å². The van der Waals surface area contributed by atoms with Gasteiger partial charge in [0.05, 0.1) is 16.8 Å². The molecule has 2 aliphatic carbocycles. The van der Waals surface area contributed by atoms with Crippen molar-refractivity contribution in [1.29, 1.82) is 0 Å². The molecule has 4 nitrogen and oxygen atoms in total. The topological polar surface area (TPSA) is 64.1 Å². The second-order valence-corrected chi connectivity index (χ2v) is 10.9. The van der Waals surface area contributed by atoms with Crippen molar-refractivity contribution in [3.8, 4) is 22.4 Å². The van der Waals surface area contributed by atoms with E-state index in [9.17, 15) is 14.4 Å². The summed E-state index contributed by atoms with van der Waals surface area (Å²) in [5, 5.41) is 0.602. The minimum atomic E-state index is -0.350. The molecular weight excluding hydrogens is 566 g/mol. The number of benzene rings is 4. The molecule has 0 spiro atoms. The van der Waals surface area contributed by atoms with Gasteiger partial charge in [0.15, 0.2) is 17.3 Å². The molecule has 1 heterocycles. The Morgan fingerprint density at radius 1 is 0.522 bits per heavy atom. The molecule has 7 rings (SSSR count). The molecule has 0 unspecified atom stereocenters. The lowest BCUT2D eigenvalue weighted by atomic mass is 9.93. The lowest BCUT2D eigenvalue weighted by Gasteiger charge is -2.10. The average Bonchev–Trinajstić information content (AvgIpc) is 3.24. The maximum absolute atomic E-state index is 15.0. The highest BCUT2D eigenvalue weighted by atomic mass is 16.1. The van der Waals surface area contributed by atoms with Crippen molar-refractivity contribution < 1.29 is 14.4 Å². The number of carbonyl (C=O) groups is 3. The molecule has 0 aliphatic heterocycles. The summed E-state index contributed by atoms with van der Waals surface area (Å²) < 4.78 is 0. The zero-order valence-electron chi connectivity index (χ0n) is 24.8. The predicted octanol–water partition coefficient (Wildman–Crippen LogP) is 9.39. The van der Waals surface area contributed by atoms with E-state index in [0.717, 1.165) is 11.1 Å². The number of hydrogen-bond donors (Lipinski definition) is 0. The zero-order chi connectivity index (χ0) is 31.5. The van der Waals surface area contributed by atoms with Crippen LogP contribution in [0.25, 0.3) is 38.9 Å². The molecule has 0 saturated heterocycles. The van der Waals surface area contributed by atoms with Gasteiger partial charge in [-0.05, 0) is 28.8 Å². The van der Waals surface area contributed by atoms with Gasteiger partial charge in [-0.15, -0.1) is 0 Å². The first-order chi connectivity index (χ1) is 22.6. The van der Waals surface area contributed by atoms with Crippen molar-refractivity contribution in [2.45, 2.75) is 0 Å². The summed E-state index contributed by atoms with van der Waals surface area (Å²) in [5.41, 5.74) is 5.87. The first-order valence-electron chi connectivity index (χ1n) is 15.0. The van der Waals surface area contributed by atoms with Crippen molar-refractivity contribution in [3.05, 3.63) is 192 Å². The highest BCUT2D eigenvalue weighted by Gasteiger charge is 2.30. The Hall–Kier alpha value is -6.26. The van der Waals surface area contributed by atoms with E-state index in [4.69, 9.17) is 4.98 Å². The van der Waals surface area contributed by atoms with Crippen LogP contribution in [0.5, 0.6) is 0 Å². The van der Waals surface area contributed by atoms with Crippen LogP contribution in [0.1, 0.15) is 42.2 Å². The highest BCUT2D eigenvalue weighted by molar-refractivity contribution is 6.39. The van der Waals surface area contributed by atoms with Crippen LogP contribution in [0.15, 0.2) is 164 Å². The maximum atomic E-state index is 15.0. The van der Waals surface area contributed by atoms with E-state index in [1.165, 1.54) is 6.08 Å². The first kappa shape index (κ1) is 28.5. The fraction of sp³-hybridized carbons (Fsp3) is 0. The van der Waals surface area contributed by atoms with E-state index < -0.39 is 0 Å². The molecule has 0 fully saturated rings. The number of nitrogens with zero attached hydrogens (tertiary/aromatic N) is 1. The van der Waals surface area contributed by atoms with Crippen LogP contribution in [-0.2, 0) is 0 Å². The van der Waals surface area contributed by atoms with Gasteiger partial charge >= 0.3 is 0 Å². The van der Waals surface area contributed by atoms with Crippen LogP contribution >= 0.6 is 0 Å². The van der Waals surface area contributed by atoms with Crippen LogP contribution in [-0.4, -0.2) is 22.3 Å². The van der Waals surface area contributed by atoms with Crippen molar-refractivity contribution in [1.82, 2.24) is 4.98 Å². The van der Waals surface area contributed by atoms with E-state index in [0.29, 0.717) is 50.0 Å². The van der Waals surface area contributed by atoms with Gasteiger partial charge in [0.1, 0.15) is 0 Å². The number of aromatic nitrogens is 1. The van der Waals surface area contributed by atoms with Crippen LogP contribution in [0, 0.1) is 0 Å². The summed E-state index contributed by atoms with van der Waals surface area (Å²) in [4.78, 5) is 47.8. The Balaban J connectivity index is 1.54. The second kappa shape index (κ2) is 12.4. The number of hydrogen-bond acceptors (Lipinski definition) is 4. The lowest BCUT2D eigenvalue weighted by Crippen LogP contribution is -2.08. The summed E-state index contributed by atoms with van der Waals surface area (Å²) in [6.07, 6.45) is 1.41. The minimum absolute atomic E-state index is 0.166. The van der Waals surface area contributed by atoms with Gasteiger partial charge < -0.3 is 0 Å². The second-order valence-electron chi connectivity index (χ2n) is 10.9. The van der Waals surface area contributed by atoms with E-state index in [-0.39, 0.29) is 22.9 Å². The van der Waals surface area contributed by atoms with Crippen molar-refractivity contribution in [2.24, 2.45) is 0 Å². The smallest absolute Gasteiger partial charge is 0.196 e. The third kappa shape index (κ3) is 5.33. The Kier molecular flexibility index (Phi) is 7.68. The van der Waals surface area contributed by atoms with E-state index in [1.807, 2.05) is 121 Å². The number of carbonyl (C=O) groups excluding carboxylic acids is 3. The molecule has 1 aromatic heterocycles. The maximum Gasteiger partial charge on any atom is 0.196 e. The number of ketones is 3. The number of rotatable bonds is 8. The zero-order valence-corrected chi connectivity index (χ0v) is 24.8. The molecule has 0 saturated carbocycles. The first-order valence-corrected chi connectivity index (χ1v) is 15.0. The Morgan fingerprint density at radius 3 is 1.63 bits per heavy atom. The normalized spacial score (nSPS) is 11.4. The molecule has 4 aromatic carbocycles. The summed E-state index contributed by atoms with van der Waals surface area (Å²) in [7, 11) is 0. The molecule has 2 aliphatic rings. The summed E-state index contributed by atoms with van der Waals surface area (Å²) in [6, 6.07) is 48.1. The number of allylic oxidation sites excluding steroid dienone is 2. The van der Waals surface area contributed by atoms with Crippen LogP contribution in [0.4, 0.5) is 0 Å². The fourth-order valence-corrected chi connectivity index (χ4v) is 5.87. The molecule has 0 N–H and O–H groups in total. The van der Waals surface area contributed by atoms with E-state index >= 15 is 0 Å². The van der Waals surface area contributed by atoms with E-state index in [1.54, 1.807) is 36.4 Å². The van der Waals surface area contributed by atoms with Gasteiger partial charge in [0.2, 0.25) is 0 Å². The number of pyridine rings is 1. The third-order valence-electron chi connectivity index (χ3n) is 8.07. The van der Waals surface area contributed by atoms with Gasteiger partial charge in [-0.3, -0.25) is 14.4 Å². The monoisotopic (exact) mass is 593 g/mol.